The summed E-state index contributed by atoms with van der Waals surface area (Å²) in [6.45, 7) is 6.55. The van der Waals surface area contributed by atoms with Gasteiger partial charge in [0, 0.05) is 42.5 Å². The lowest BCUT2D eigenvalue weighted by atomic mass is 9.99. The van der Waals surface area contributed by atoms with Crippen molar-refractivity contribution in [2.24, 2.45) is 5.92 Å². The van der Waals surface area contributed by atoms with E-state index in [1.54, 1.807) is 17.1 Å². The van der Waals surface area contributed by atoms with Crippen LogP contribution in [0.15, 0.2) is 70.3 Å². The molecule has 1 N–H and O–H groups in total. The maximum atomic E-state index is 13.3. The molecular weight excluding hydrogens is 498 g/mol. The average Bonchev–Trinajstić information content (AvgIpc) is 3.61. The zero-order chi connectivity index (χ0) is 26.8. The lowest BCUT2D eigenvalue weighted by molar-refractivity contribution is 0.125. The molecule has 11 heteroatoms. The second kappa shape index (κ2) is 10.7. The summed E-state index contributed by atoms with van der Waals surface area (Å²) >= 11 is 0. The maximum absolute atomic E-state index is 13.3. The van der Waals surface area contributed by atoms with Gasteiger partial charge >= 0.3 is 0 Å². The van der Waals surface area contributed by atoms with Crippen molar-refractivity contribution in [2.75, 3.05) is 13.2 Å². The van der Waals surface area contributed by atoms with Crippen molar-refractivity contribution in [3.63, 3.8) is 0 Å². The van der Waals surface area contributed by atoms with E-state index in [0.29, 0.717) is 61.3 Å². The molecule has 0 saturated carbocycles. The fourth-order valence-corrected chi connectivity index (χ4v) is 5.07. The highest BCUT2D eigenvalue weighted by molar-refractivity contribution is 5.83. The number of hydrogen-bond donors (Lipinski definition) is 1. The van der Waals surface area contributed by atoms with Gasteiger partial charge in [0.15, 0.2) is 17.3 Å². The van der Waals surface area contributed by atoms with E-state index in [-0.39, 0.29) is 17.5 Å². The Morgan fingerprint density at radius 1 is 1.08 bits per heavy atom. The van der Waals surface area contributed by atoms with E-state index in [0.717, 1.165) is 16.7 Å². The van der Waals surface area contributed by atoms with Crippen molar-refractivity contribution in [3.8, 4) is 11.5 Å². The van der Waals surface area contributed by atoms with Crippen LogP contribution in [0.2, 0.25) is 0 Å². The van der Waals surface area contributed by atoms with Crippen LogP contribution in [0, 0.1) is 5.92 Å². The van der Waals surface area contributed by atoms with Crippen molar-refractivity contribution in [2.45, 2.75) is 39.5 Å². The zero-order valence-electron chi connectivity index (χ0n) is 21.8. The largest absolute Gasteiger partial charge is 0.486 e. The fourth-order valence-electron chi connectivity index (χ4n) is 5.07. The highest BCUT2D eigenvalue weighted by Gasteiger charge is 2.30. The number of ether oxygens (including phenoxy) is 2. The van der Waals surface area contributed by atoms with Crippen molar-refractivity contribution >= 4 is 10.9 Å². The topological polar surface area (TPSA) is 124 Å². The Hall–Kier alpha value is -4.51. The molecule has 0 saturated heterocycles. The molecule has 1 atom stereocenters. The van der Waals surface area contributed by atoms with Crippen LogP contribution in [0.4, 0.5) is 0 Å². The lowest BCUT2D eigenvalue weighted by Gasteiger charge is -2.33. The van der Waals surface area contributed by atoms with Gasteiger partial charge in [-0.15, -0.1) is 5.10 Å². The first-order valence-electron chi connectivity index (χ1n) is 12.9. The lowest BCUT2D eigenvalue weighted by Crippen LogP contribution is -2.35. The maximum Gasteiger partial charge on any atom is 0.252 e. The van der Waals surface area contributed by atoms with E-state index >= 15 is 0 Å². The Balaban J connectivity index is 1.39. The monoisotopic (exact) mass is 527 g/mol. The predicted octanol–water partition coefficient (Wildman–Crippen LogP) is 3.72. The Morgan fingerprint density at radius 3 is 2.67 bits per heavy atom. The molecule has 11 nitrogen and oxygen atoms in total. The van der Waals surface area contributed by atoms with E-state index in [4.69, 9.17) is 13.9 Å². The van der Waals surface area contributed by atoms with E-state index in [1.807, 2.05) is 48.7 Å². The van der Waals surface area contributed by atoms with Crippen molar-refractivity contribution in [1.82, 2.24) is 35.1 Å². The summed E-state index contributed by atoms with van der Waals surface area (Å²) < 4.78 is 18.8. The number of benzene rings is 1. The van der Waals surface area contributed by atoms with Gasteiger partial charge in [-0.25, -0.2) is 4.68 Å². The quantitative estimate of drug-likeness (QED) is 0.305. The third-order valence-corrected chi connectivity index (χ3v) is 6.80. The van der Waals surface area contributed by atoms with Crippen molar-refractivity contribution in [1.29, 1.82) is 0 Å². The molecule has 1 aromatic carbocycles. The normalized spacial score (nSPS) is 13.8. The molecule has 0 amide bonds. The highest BCUT2D eigenvalue weighted by Crippen LogP contribution is 2.34. The average molecular weight is 528 g/mol. The Labute approximate surface area is 224 Å². The smallest absolute Gasteiger partial charge is 0.252 e. The molecule has 1 unspecified atom stereocenters. The number of aromatic amines is 1. The minimum atomic E-state index is -0.203. The van der Waals surface area contributed by atoms with Gasteiger partial charge in [0.05, 0.1) is 17.8 Å². The summed E-state index contributed by atoms with van der Waals surface area (Å²) in [7, 11) is 0. The zero-order valence-corrected chi connectivity index (χ0v) is 21.8. The van der Waals surface area contributed by atoms with Gasteiger partial charge in [-0.3, -0.25) is 14.7 Å². The molecule has 6 rings (SSSR count). The minimum absolute atomic E-state index is 0.125. The van der Waals surface area contributed by atoms with Crippen LogP contribution < -0.4 is 15.0 Å². The molecule has 200 valence electrons. The highest BCUT2D eigenvalue weighted by atomic mass is 16.6. The predicted molar refractivity (Wildman–Crippen MR) is 142 cm³/mol. The molecule has 0 bridgehead atoms. The number of pyridine rings is 2. The number of H-pyrrole nitrogens is 1. The summed E-state index contributed by atoms with van der Waals surface area (Å²) in [5.41, 5.74) is 2.19. The van der Waals surface area contributed by atoms with Gasteiger partial charge in [-0.1, -0.05) is 19.9 Å². The molecule has 5 aromatic rings. The van der Waals surface area contributed by atoms with Gasteiger partial charge in [0.25, 0.3) is 5.56 Å². The Kier molecular flexibility index (Phi) is 6.80. The number of aromatic nitrogens is 6. The van der Waals surface area contributed by atoms with E-state index in [2.05, 4.69) is 44.2 Å². The number of rotatable bonds is 9. The number of furan rings is 1. The molecule has 1 aliphatic rings. The molecule has 0 aliphatic carbocycles. The molecule has 4 aromatic heterocycles. The number of nitrogens with zero attached hydrogens (tertiary/aromatic N) is 6. The minimum Gasteiger partial charge on any atom is -0.486 e. The van der Waals surface area contributed by atoms with Crippen LogP contribution in [0.3, 0.4) is 0 Å². The van der Waals surface area contributed by atoms with Gasteiger partial charge < -0.3 is 18.9 Å². The van der Waals surface area contributed by atoms with Crippen molar-refractivity contribution < 1.29 is 13.9 Å². The summed E-state index contributed by atoms with van der Waals surface area (Å²) in [5, 5.41) is 13.5. The molecule has 0 spiro atoms. The van der Waals surface area contributed by atoms with E-state index in [9.17, 15) is 4.79 Å². The van der Waals surface area contributed by atoms with Crippen LogP contribution in [0.25, 0.3) is 10.9 Å². The molecule has 0 radical (unpaired) electrons. The summed E-state index contributed by atoms with van der Waals surface area (Å²) in [4.78, 5) is 22.9. The van der Waals surface area contributed by atoms with Gasteiger partial charge in [-0.2, -0.15) is 0 Å². The molecule has 39 heavy (non-hydrogen) atoms. The first-order valence-corrected chi connectivity index (χ1v) is 12.9. The Bertz CT molecular complexity index is 1610. The molecule has 0 fully saturated rings. The second-order valence-electron chi connectivity index (χ2n) is 9.94. The van der Waals surface area contributed by atoms with Crippen LogP contribution in [0.1, 0.15) is 42.6 Å². The molecule has 1 aliphatic heterocycles. The molecular formula is C28H29N7O4. The van der Waals surface area contributed by atoms with Crippen molar-refractivity contribution in [3.05, 3.63) is 94.2 Å². The second-order valence-corrected chi connectivity index (χ2v) is 9.94. The Morgan fingerprint density at radius 2 is 1.92 bits per heavy atom. The summed E-state index contributed by atoms with van der Waals surface area (Å²) in [6.07, 6.45) is 5.22. The number of tetrazole rings is 1. The SMILES string of the molecule is CC(C)C(c1nnnn1Cc1ccco1)N(Cc1cccnc1)Cc1cc2cc3c(cc2[nH]c1=O)OCCO3. The fraction of sp³-hybridized carbons (Fsp3) is 0.321. The number of hydrogen-bond acceptors (Lipinski definition) is 9. The van der Waals surface area contributed by atoms with Gasteiger partial charge in [0.1, 0.15) is 25.5 Å². The third kappa shape index (κ3) is 5.26. The van der Waals surface area contributed by atoms with Gasteiger partial charge in [0.2, 0.25) is 0 Å². The van der Waals surface area contributed by atoms with Crippen LogP contribution >= 0.6 is 0 Å². The van der Waals surface area contributed by atoms with Crippen LogP contribution in [-0.2, 0) is 19.6 Å². The number of nitrogens with one attached hydrogen (secondary N) is 1. The first kappa shape index (κ1) is 24.8. The number of fused-ring (bicyclic) bond motifs is 2. The third-order valence-electron chi connectivity index (χ3n) is 6.80. The van der Waals surface area contributed by atoms with Crippen LogP contribution in [-0.4, -0.2) is 48.3 Å². The standard InChI is InChI=1S/C28H29N7O4/c1-18(2)26(27-31-32-33-35(27)17-22-6-4-8-37-22)34(15-19-5-3-7-29-14-19)16-21-11-20-12-24-25(39-10-9-38-24)13-23(20)30-28(21)36/h3-8,11-14,18,26H,9-10,15-17H2,1-2H3,(H,30,36). The van der Waals surface area contributed by atoms with Gasteiger partial charge in [-0.05, 0) is 52.2 Å². The summed E-state index contributed by atoms with van der Waals surface area (Å²) in [5.74, 6) is 2.89. The van der Waals surface area contributed by atoms with E-state index in [1.165, 1.54) is 0 Å². The van der Waals surface area contributed by atoms with E-state index < -0.39 is 0 Å². The molecule has 5 heterocycles. The summed E-state index contributed by atoms with van der Waals surface area (Å²) in [6, 6.07) is 13.1. The van der Waals surface area contributed by atoms with Crippen LogP contribution in [0.5, 0.6) is 11.5 Å². The first-order chi connectivity index (χ1) is 19.0.